The second-order valence-corrected chi connectivity index (χ2v) is 4.92. The number of hydrogen-bond acceptors (Lipinski definition) is 3. The van der Waals surface area contributed by atoms with E-state index in [0.717, 1.165) is 5.69 Å². The molecule has 1 N–H and O–H groups in total. The topological polar surface area (TPSA) is 43.3 Å². The first-order valence-electron chi connectivity index (χ1n) is 6.48. The Kier molecular flexibility index (Phi) is 5.36. The van der Waals surface area contributed by atoms with Gasteiger partial charge in [-0.05, 0) is 12.1 Å². The van der Waals surface area contributed by atoms with Crippen LogP contribution in [0.2, 0.25) is 5.02 Å². The van der Waals surface area contributed by atoms with Crippen LogP contribution in [-0.2, 0) is 17.8 Å². The molecule has 4 nitrogen and oxygen atoms in total. The van der Waals surface area contributed by atoms with Gasteiger partial charge >= 0.3 is 0 Å². The van der Waals surface area contributed by atoms with Gasteiger partial charge in [-0.2, -0.15) is 0 Å². The Morgan fingerprint density at radius 2 is 2.14 bits per heavy atom. The Hall–Kier alpha value is -1.85. The van der Waals surface area contributed by atoms with Crippen molar-refractivity contribution in [2.75, 3.05) is 19.0 Å². The molecule has 2 aromatic rings. The molecule has 0 unspecified atom stereocenters. The summed E-state index contributed by atoms with van der Waals surface area (Å²) in [7, 11) is 1.58. The third kappa shape index (κ3) is 4.06. The molecule has 0 saturated carbocycles. The van der Waals surface area contributed by atoms with Crippen molar-refractivity contribution in [1.82, 2.24) is 4.57 Å². The molecular weight excluding hydrogens is 295 g/mol. The number of methoxy groups -OCH3 is 1. The lowest BCUT2D eigenvalue weighted by Gasteiger charge is -2.11. The monoisotopic (exact) mass is 310 g/mol. The third-order valence-electron chi connectivity index (χ3n) is 3.03. The molecule has 0 amide bonds. The number of pyridine rings is 1. The van der Waals surface area contributed by atoms with Crippen LogP contribution < -0.4 is 10.9 Å². The molecule has 1 aromatic carbocycles. The minimum Gasteiger partial charge on any atom is -0.383 e. The van der Waals surface area contributed by atoms with Crippen LogP contribution in [-0.4, -0.2) is 18.3 Å². The van der Waals surface area contributed by atoms with Crippen LogP contribution in [0.15, 0.2) is 41.3 Å². The van der Waals surface area contributed by atoms with Crippen LogP contribution in [0.25, 0.3) is 0 Å². The molecular formula is C15H16ClFN2O2. The number of benzene rings is 1. The zero-order valence-electron chi connectivity index (χ0n) is 11.6. The lowest BCUT2D eigenvalue weighted by Crippen LogP contribution is -2.21. The number of nitrogens with zero attached hydrogens (tertiary/aromatic N) is 1. The summed E-state index contributed by atoms with van der Waals surface area (Å²) in [5.74, 6) is -0.431. The normalized spacial score (nSPS) is 10.6. The molecule has 0 aliphatic rings. The Labute approximate surface area is 127 Å². The van der Waals surface area contributed by atoms with E-state index in [1.54, 1.807) is 36.1 Å². The van der Waals surface area contributed by atoms with Gasteiger partial charge in [0.25, 0.3) is 5.56 Å². The number of ether oxygens (including phenoxy) is 1. The van der Waals surface area contributed by atoms with E-state index >= 15 is 0 Å². The summed E-state index contributed by atoms with van der Waals surface area (Å²) < 4.78 is 20.3. The first kappa shape index (κ1) is 15.5. The van der Waals surface area contributed by atoms with Gasteiger partial charge in [-0.3, -0.25) is 4.79 Å². The van der Waals surface area contributed by atoms with Gasteiger partial charge in [0.05, 0.1) is 17.3 Å². The summed E-state index contributed by atoms with van der Waals surface area (Å²) in [6.45, 7) is 1.21. The lowest BCUT2D eigenvalue weighted by molar-refractivity contribution is 0.186. The third-order valence-corrected chi connectivity index (χ3v) is 3.33. The second kappa shape index (κ2) is 7.24. The highest BCUT2D eigenvalue weighted by Gasteiger charge is 2.06. The van der Waals surface area contributed by atoms with Gasteiger partial charge in [-0.25, -0.2) is 4.39 Å². The molecule has 0 saturated heterocycles. The van der Waals surface area contributed by atoms with Crippen molar-refractivity contribution < 1.29 is 9.13 Å². The molecule has 2 rings (SSSR count). The zero-order valence-corrected chi connectivity index (χ0v) is 12.4. The first-order valence-corrected chi connectivity index (χ1v) is 6.86. The smallest absolute Gasteiger partial charge is 0.250 e. The number of nitrogens with one attached hydrogen (secondary N) is 1. The largest absolute Gasteiger partial charge is 0.383 e. The standard InChI is InChI=1S/C15H16ClFN2O2/c1-21-8-7-19-10-12(5-6-14(19)20)18-9-11-3-2-4-13(16)15(11)17/h2-6,10,18H,7-9H2,1H3. The Balaban J connectivity index is 2.09. The number of anilines is 1. The van der Waals surface area contributed by atoms with Crippen LogP contribution in [0, 0.1) is 5.82 Å². The summed E-state index contributed by atoms with van der Waals surface area (Å²) in [5, 5.41) is 3.17. The van der Waals surface area contributed by atoms with Crippen LogP contribution >= 0.6 is 11.6 Å². The second-order valence-electron chi connectivity index (χ2n) is 4.51. The van der Waals surface area contributed by atoms with E-state index in [1.165, 1.54) is 12.1 Å². The van der Waals surface area contributed by atoms with Crippen LogP contribution in [0.1, 0.15) is 5.56 Å². The highest BCUT2D eigenvalue weighted by Crippen LogP contribution is 2.18. The molecule has 0 aliphatic carbocycles. The highest BCUT2D eigenvalue weighted by molar-refractivity contribution is 6.30. The Morgan fingerprint density at radius 3 is 2.90 bits per heavy atom. The van der Waals surface area contributed by atoms with Crippen LogP contribution in [0.4, 0.5) is 10.1 Å². The molecule has 21 heavy (non-hydrogen) atoms. The van der Waals surface area contributed by atoms with Crippen LogP contribution in [0.5, 0.6) is 0 Å². The summed E-state index contributed by atoms with van der Waals surface area (Å²) >= 11 is 5.74. The quantitative estimate of drug-likeness (QED) is 0.892. The van der Waals surface area contributed by atoms with E-state index in [-0.39, 0.29) is 17.1 Å². The minimum absolute atomic E-state index is 0.0966. The van der Waals surface area contributed by atoms with Crippen molar-refractivity contribution in [1.29, 1.82) is 0 Å². The maximum atomic E-state index is 13.8. The van der Waals surface area contributed by atoms with Crippen LogP contribution in [0.3, 0.4) is 0 Å². The van der Waals surface area contributed by atoms with E-state index in [9.17, 15) is 9.18 Å². The van der Waals surface area contributed by atoms with Gasteiger partial charge in [-0.1, -0.05) is 23.7 Å². The molecule has 6 heteroatoms. The van der Waals surface area contributed by atoms with Gasteiger partial charge in [-0.15, -0.1) is 0 Å². The van der Waals surface area contributed by atoms with E-state index in [4.69, 9.17) is 16.3 Å². The maximum Gasteiger partial charge on any atom is 0.250 e. The molecule has 1 heterocycles. The molecule has 0 radical (unpaired) electrons. The number of halogens is 2. The summed E-state index contributed by atoms with van der Waals surface area (Å²) in [6, 6.07) is 7.99. The Bertz CT molecular complexity index is 673. The molecule has 1 aromatic heterocycles. The fourth-order valence-electron chi connectivity index (χ4n) is 1.88. The van der Waals surface area contributed by atoms with Crippen molar-refractivity contribution in [3.8, 4) is 0 Å². The number of aromatic nitrogens is 1. The molecule has 0 bridgehead atoms. The van der Waals surface area contributed by atoms with Gasteiger partial charge < -0.3 is 14.6 Å². The average molecular weight is 311 g/mol. The molecule has 0 atom stereocenters. The fourth-order valence-corrected chi connectivity index (χ4v) is 2.08. The summed E-state index contributed by atoms with van der Waals surface area (Å²) in [6.07, 6.45) is 1.68. The van der Waals surface area contributed by atoms with Crippen molar-refractivity contribution in [2.45, 2.75) is 13.1 Å². The van der Waals surface area contributed by atoms with E-state index in [2.05, 4.69) is 5.32 Å². The highest BCUT2D eigenvalue weighted by atomic mass is 35.5. The van der Waals surface area contributed by atoms with Crippen molar-refractivity contribution in [3.63, 3.8) is 0 Å². The maximum absolute atomic E-state index is 13.8. The number of hydrogen-bond donors (Lipinski definition) is 1. The average Bonchev–Trinajstić information content (AvgIpc) is 2.49. The predicted octanol–water partition coefficient (Wildman–Crippen LogP) is 2.90. The molecule has 0 spiro atoms. The Morgan fingerprint density at radius 1 is 1.33 bits per heavy atom. The summed E-state index contributed by atoms with van der Waals surface area (Å²) in [5.41, 5.74) is 1.09. The minimum atomic E-state index is -0.431. The lowest BCUT2D eigenvalue weighted by atomic mass is 10.2. The molecule has 0 aliphatic heterocycles. The first-order chi connectivity index (χ1) is 10.1. The van der Waals surface area contributed by atoms with Crippen molar-refractivity contribution in [3.05, 3.63) is 63.3 Å². The molecule has 112 valence electrons. The zero-order chi connectivity index (χ0) is 15.2. The summed E-state index contributed by atoms with van der Waals surface area (Å²) in [4.78, 5) is 11.7. The van der Waals surface area contributed by atoms with Crippen molar-refractivity contribution >= 4 is 17.3 Å². The van der Waals surface area contributed by atoms with E-state index < -0.39 is 5.82 Å². The SMILES string of the molecule is COCCn1cc(NCc2cccc(Cl)c2F)ccc1=O. The van der Waals surface area contributed by atoms with Gasteiger partial charge in [0.15, 0.2) is 0 Å². The fraction of sp³-hybridized carbons (Fsp3) is 0.267. The molecule has 0 fully saturated rings. The van der Waals surface area contributed by atoms with E-state index in [1.807, 2.05) is 0 Å². The van der Waals surface area contributed by atoms with Gasteiger partial charge in [0.1, 0.15) is 5.82 Å². The predicted molar refractivity (Wildman–Crippen MR) is 81.3 cm³/mol. The van der Waals surface area contributed by atoms with Gasteiger partial charge in [0, 0.05) is 38.0 Å². The van der Waals surface area contributed by atoms with E-state index in [0.29, 0.717) is 18.7 Å². The number of rotatable bonds is 6. The van der Waals surface area contributed by atoms with Crippen molar-refractivity contribution in [2.24, 2.45) is 0 Å². The van der Waals surface area contributed by atoms with Gasteiger partial charge in [0.2, 0.25) is 0 Å².